The first-order chi connectivity index (χ1) is 9.28. The van der Waals surface area contributed by atoms with Crippen LogP contribution in [0.1, 0.15) is 25.7 Å². The number of hydrogen-bond acceptors (Lipinski definition) is 6. The summed E-state index contributed by atoms with van der Waals surface area (Å²) in [6, 6.07) is 5.10. The van der Waals surface area contributed by atoms with Crippen LogP contribution in [0.4, 0.5) is 5.82 Å². The van der Waals surface area contributed by atoms with Gasteiger partial charge >= 0.3 is 0 Å². The van der Waals surface area contributed by atoms with Crippen LogP contribution in [0.5, 0.6) is 0 Å². The van der Waals surface area contributed by atoms with Crippen LogP contribution >= 0.6 is 0 Å². The van der Waals surface area contributed by atoms with Crippen LogP contribution in [-0.4, -0.2) is 51.4 Å². The van der Waals surface area contributed by atoms with Crippen LogP contribution < -0.4 is 10.2 Å². The van der Waals surface area contributed by atoms with Crippen LogP contribution in [0, 0.1) is 0 Å². The molecule has 2 aromatic heterocycles. The van der Waals surface area contributed by atoms with E-state index in [1.54, 1.807) is 0 Å². The van der Waals surface area contributed by atoms with Crippen molar-refractivity contribution in [1.82, 2.24) is 30.6 Å². The van der Waals surface area contributed by atoms with E-state index >= 15 is 0 Å². The van der Waals surface area contributed by atoms with Crippen LogP contribution in [0.2, 0.25) is 0 Å². The number of aromatic nitrogens is 5. The molecule has 1 N–H and O–H groups in total. The zero-order valence-electron chi connectivity index (χ0n) is 11.3. The summed E-state index contributed by atoms with van der Waals surface area (Å²) >= 11 is 0. The number of anilines is 1. The van der Waals surface area contributed by atoms with Crippen molar-refractivity contribution in [3.8, 4) is 0 Å². The van der Waals surface area contributed by atoms with Gasteiger partial charge < -0.3 is 10.2 Å². The normalized spacial score (nSPS) is 23.7. The standard InChI is InChI=1S/C12H19N7/c1-13-9-3-5-10(6-4-9)18(2)12-8-7-11-14-16-17-19(11)15-12/h7-10,13H,3-6H2,1-2H3. The Morgan fingerprint density at radius 2 is 2.05 bits per heavy atom. The highest BCUT2D eigenvalue weighted by Gasteiger charge is 2.24. The van der Waals surface area contributed by atoms with Gasteiger partial charge in [-0.3, -0.25) is 0 Å². The molecule has 1 fully saturated rings. The van der Waals surface area contributed by atoms with Gasteiger partial charge in [0.05, 0.1) is 0 Å². The first-order valence-corrected chi connectivity index (χ1v) is 6.73. The van der Waals surface area contributed by atoms with Crippen molar-refractivity contribution >= 4 is 11.5 Å². The molecule has 0 aromatic carbocycles. The van der Waals surface area contributed by atoms with E-state index in [4.69, 9.17) is 0 Å². The van der Waals surface area contributed by atoms with Crippen LogP contribution in [0.3, 0.4) is 0 Å². The van der Waals surface area contributed by atoms with Crippen LogP contribution in [0.15, 0.2) is 12.1 Å². The maximum Gasteiger partial charge on any atom is 0.200 e. The van der Waals surface area contributed by atoms with Crippen molar-refractivity contribution < 1.29 is 0 Å². The van der Waals surface area contributed by atoms with E-state index < -0.39 is 0 Å². The molecule has 2 aromatic rings. The Hall–Kier alpha value is -1.76. The lowest BCUT2D eigenvalue weighted by atomic mass is 9.90. The predicted octanol–water partition coefficient (Wildman–Crippen LogP) is 0.486. The van der Waals surface area contributed by atoms with E-state index in [-0.39, 0.29) is 0 Å². The number of hydrogen-bond donors (Lipinski definition) is 1. The Kier molecular flexibility index (Phi) is 3.29. The quantitative estimate of drug-likeness (QED) is 0.867. The minimum Gasteiger partial charge on any atom is -0.355 e. The fourth-order valence-corrected chi connectivity index (χ4v) is 2.77. The summed E-state index contributed by atoms with van der Waals surface area (Å²) in [6.07, 6.45) is 4.83. The fourth-order valence-electron chi connectivity index (χ4n) is 2.77. The molecule has 0 spiro atoms. The van der Waals surface area contributed by atoms with Crippen molar-refractivity contribution in [3.63, 3.8) is 0 Å². The summed E-state index contributed by atoms with van der Waals surface area (Å²) in [5.74, 6) is 0.924. The topological polar surface area (TPSA) is 71.2 Å². The number of fused-ring (bicyclic) bond motifs is 1. The fraction of sp³-hybridized carbons (Fsp3) is 0.667. The lowest BCUT2D eigenvalue weighted by molar-refractivity contribution is 0.350. The van der Waals surface area contributed by atoms with Crippen molar-refractivity contribution in [2.24, 2.45) is 0 Å². The molecule has 1 aliphatic rings. The molecular weight excluding hydrogens is 242 g/mol. The lowest BCUT2D eigenvalue weighted by Crippen LogP contribution is -2.40. The molecule has 0 unspecified atom stereocenters. The zero-order valence-corrected chi connectivity index (χ0v) is 11.3. The summed E-state index contributed by atoms with van der Waals surface area (Å²) in [4.78, 5) is 2.24. The van der Waals surface area contributed by atoms with E-state index in [0.29, 0.717) is 17.7 Å². The summed E-state index contributed by atoms with van der Waals surface area (Å²) in [7, 11) is 4.14. The SMILES string of the molecule is CNC1CCC(N(C)c2ccc3nnnn3n2)CC1. The lowest BCUT2D eigenvalue weighted by Gasteiger charge is -2.35. The summed E-state index contributed by atoms with van der Waals surface area (Å²) in [6.45, 7) is 0. The smallest absolute Gasteiger partial charge is 0.200 e. The average Bonchev–Trinajstić information content (AvgIpc) is 2.94. The number of nitrogens with one attached hydrogen (secondary N) is 1. The Balaban J connectivity index is 1.74. The molecule has 7 nitrogen and oxygen atoms in total. The van der Waals surface area contributed by atoms with Gasteiger partial charge in [0.2, 0.25) is 0 Å². The maximum atomic E-state index is 4.44. The van der Waals surface area contributed by atoms with E-state index in [2.05, 4.69) is 37.9 Å². The van der Waals surface area contributed by atoms with Gasteiger partial charge in [0.1, 0.15) is 0 Å². The van der Waals surface area contributed by atoms with Gasteiger partial charge in [-0.25, -0.2) is 0 Å². The molecule has 0 atom stereocenters. The average molecular weight is 261 g/mol. The van der Waals surface area contributed by atoms with Crippen molar-refractivity contribution in [2.75, 3.05) is 19.0 Å². The maximum absolute atomic E-state index is 4.44. The number of tetrazole rings is 1. The molecule has 0 aliphatic heterocycles. The third-order valence-electron chi connectivity index (χ3n) is 4.07. The zero-order chi connectivity index (χ0) is 13.2. The van der Waals surface area contributed by atoms with Crippen molar-refractivity contribution in [3.05, 3.63) is 12.1 Å². The van der Waals surface area contributed by atoms with E-state index in [1.807, 2.05) is 19.2 Å². The summed E-state index contributed by atoms with van der Waals surface area (Å²) in [5.41, 5.74) is 0.677. The van der Waals surface area contributed by atoms with E-state index in [9.17, 15) is 0 Å². The van der Waals surface area contributed by atoms with Crippen molar-refractivity contribution in [2.45, 2.75) is 37.8 Å². The Bertz CT molecular complexity index is 544. The second-order valence-electron chi connectivity index (χ2n) is 5.12. The largest absolute Gasteiger partial charge is 0.355 e. The molecule has 102 valence electrons. The summed E-state index contributed by atoms with van der Waals surface area (Å²) in [5, 5.41) is 19.1. The molecule has 1 aliphatic carbocycles. The Morgan fingerprint density at radius 3 is 2.79 bits per heavy atom. The number of rotatable bonds is 3. The second-order valence-corrected chi connectivity index (χ2v) is 5.12. The molecule has 0 saturated heterocycles. The van der Waals surface area contributed by atoms with Gasteiger partial charge in [-0.1, -0.05) is 0 Å². The van der Waals surface area contributed by atoms with Gasteiger partial charge in [-0.05, 0) is 55.3 Å². The molecule has 0 amide bonds. The molecule has 19 heavy (non-hydrogen) atoms. The third-order valence-corrected chi connectivity index (χ3v) is 4.07. The molecule has 3 rings (SSSR count). The number of nitrogens with zero attached hydrogens (tertiary/aromatic N) is 6. The van der Waals surface area contributed by atoms with Crippen molar-refractivity contribution in [1.29, 1.82) is 0 Å². The van der Waals surface area contributed by atoms with Gasteiger partial charge in [-0.2, -0.15) is 0 Å². The van der Waals surface area contributed by atoms with Crippen LogP contribution in [0.25, 0.3) is 5.65 Å². The molecular formula is C12H19N7. The second kappa shape index (κ2) is 5.08. The minimum atomic E-state index is 0.547. The highest BCUT2D eigenvalue weighted by atomic mass is 15.6. The van der Waals surface area contributed by atoms with Crippen LogP contribution in [-0.2, 0) is 0 Å². The van der Waals surface area contributed by atoms with Gasteiger partial charge in [-0.15, -0.1) is 14.8 Å². The van der Waals surface area contributed by atoms with Gasteiger partial charge in [0.15, 0.2) is 11.5 Å². The van der Waals surface area contributed by atoms with E-state index in [0.717, 1.165) is 5.82 Å². The first-order valence-electron chi connectivity index (χ1n) is 6.73. The summed E-state index contributed by atoms with van der Waals surface area (Å²) < 4.78 is 1.48. The molecule has 0 bridgehead atoms. The monoisotopic (exact) mass is 261 g/mol. The molecule has 1 saturated carbocycles. The van der Waals surface area contributed by atoms with Gasteiger partial charge in [0.25, 0.3) is 0 Å². The molecule has 7 heteroatoms. The Labute approximate surface area is 112 Å². The highest BCUT2D eigenvalue weighted by molar-refractivity contribution is 5.44. The Morgan fingerprint density at radius 1 is 1.26 bits per heavy atom. The third kappa shape index (κ3) is 2.37. The molecule has 0 radical (unpaired) electrons. The predicted molar refractivity (Wildman–Crippen MR) is 72.1 cm³/mol. The van der Waals surface area contributed by atoms with Gasteiger partial charge in [0, 0.05) is 19.1 Å². The minimum absolute atomic E-state index is 0.547. The highest BCUT2D eigenvalue weighted by Crippen LogP contribution is 2.25. The van der Waals surface area contributed by atoms with E-state index in [1.165, 1.54) is 30.3 Å². The first kappa shape index (κ1) is 12.3. The molecule has 2 heterocycles.